The number of carboxylic acid groups (broad SMARTS) is 2. The fraction of sp³-hybridized carbons (Fsp3) is 0.529. The van der Waals surface area contributed by atoms with Crippen LogP contribution in [0.15, 0.2) is 18.2 Å². The number of hydrogen-bond acceptors (Lipinski definition) is 6. The first-order chi connectivity index (χ1) is 12.3. The molecule has 1 aliphatic carbocycles. The Kier molecular flexibility index (Phi) is 6.37. The quantitative estimate of drug-likeness (QED) is 0.385. The molecule has 1 aromatic rings. The van der Waals surface area contributed by atoms with Crippen LogP contribution in [0.25, 0.3) is 0 Å². The van der Waals surface area contributed by atoms with Gasteiger partial charge in [0.1, 0.15) is 0 Å². The number of carboxylic acids is 2. The van der Waals surface area contributed by atoms with Crippen LogP contribution in [-0.2, 0) is 9.59 Å². The molecule has 1 fully saturated rings. The van der Waals surface area contributed by atoms with Gasteiger partial charge >= 0.3 is 11.9 Å². The SMILES string of the molecule is COc1ccc(C(C[N+](=O)[O-])C(C(=O)O)C(=O)O)cc1OC1CCCC1. The van der Waals surface area contributed by atoms with E-state index in [0.29, 0.717) is 11.5 Å². The van der Waals surface area contributed by atoms with E-state index in [9.17, 15) is 29.9 Å². The number of aliphatic carboxylic acids is 2. The zero-order chi connectivity index (χ0) is 19.3. The molecule has 1 unspecified atom stereocenters. The number of benzene rings is 1. The summed E-state index contributed by atoms with van der Waals surface area (Å²) in [5.41, 5.74) is 0.213. The largest absolute Gasteiger partial charge is 0.493 e. The van der Waals surface area contributed by atoms with Gasteiger partial charge in [0, 0.05) is 4.92 Å². The molecule has 0 heterocycles. The molecule has 2 N–H and O–H groups in total. The number of hydrogen-bond donors (Lipinski definition) is 2. The van der Waals surface area contributed by atoms with Crippen molar-refractivity contribution in [2.24, 2.45) is 5.92 Å². The molecule has 0 amide bonds. The average Bonchev–Trinajstić information content (AvgIpc) is 3.06. The molecular formula is C17H21NO8. The third kappa shape index (κ3) is 4.62. The maximum atomic E-state index is 11.4. The van der Waals surface area contributed by atoms with Crippen LogP contribution in [0, 0.1) is 16.0 Å². The number of methoxy groups -OCH3 is 1. The zero-order valence-electron chi connectivity index (χ0n) is 14.3. The number of ether oxygens (including phenoxy) is 2. The number of nitro groups is 1. The molecule has 0 spiro atoms. The van der Waals surface area contributed by atoms with Crippen molar-refractivity contribution < 1.29 is 34.2 Å². The molecule has 9 nitrogen and oxygen atoms in total. The summed E-state index contributed by atoms with van der Waals surface area (Å²) < 4.78 is 11.1. The number of carbonyl (C=O) groups is 2. The highest BCUT2D eigenvalue weighted by atomic mass is 16.6. The van der Waals surface area contributed by atoms with E-state index in [-0.39, 0.29) is 11.7 Å². The van der Waals surface area contributed by atoms with E-state index in [1.54, 1.807) is 0 Å². The molecule has 9 heteroatoms. The number of nitrogens with zero attached hydrogens (tertiary/aromatic N) is 1. The van der Waals surface area contributed by atoms with Crippen LogP contribution in [0.2, 0.25) is 0 Å². The third-order valence-electron chi connectivity index (χ3n) is 4.49. The van der Waals surface area contributed by atoms with Gasteiger partial charge in [-0.3, -0.25) is 19.7 Å². The van der Waals surface area contributed by atoms with Crippen molar-refractivity contribution in [3.05, 3.63) is 33.9 Å². The number of rotatable bonds is 9. The van der Waals surface area contributed by atoms with Gasteiger partial charge in [-0.25, -0.2) is 0 Å². The van der Waals surface area contributed by atoms with Crippen LogP contribution in [0.1, 0.15) is 37.2 Å². The normalized spacial score (nSPS) is 15.6. The van der Waals surface area contributed by atoms with Crippen molar-refractivity contribution in [3.8, 4) is 11.5 Å². The zero-order valence-corrected chi connectivity index (χ0v) is 14.3. The third-order valence-corrected chi connectivity index (χ3v) is 4.49. The summed E-state index contributed by atoms with van der Waals surface area (Å²) >= 11 is 0. The first-order valence-electron chi connectivity index (χ1n) is 8.25. The fourth-order valence-electron chi connectivity index (χ4n) is 3.22. The summed E-state index contributed by atoms with van der Waals surface area (Å²) in [7, 11) is 1.45. The molecule has 142 valence electrons. The lowest BCUT2D eigenvalue weighted by Crippen LogP contribution is -2.33. The Hall–Kier alpha value is -2.84. The molecular weight excluding hydrogens is 346 g/mol. The van der Waals surface area contributed by atoms with Crippen molar-refractivity contribution in [1.82, 2.24) is 0 Å². The lowest BCUT2D eigenvalue weighted by Gasteiger charge is -2.21. The average molecular weight is 367 g/mol. The van der Waals surface area contributed by atoms with E-state index in [4.69, 9.17) is 9.47 Å². The second-order valence-electron chi connectivity index (χ2n) is 6.21. The molecule has 0 aliphatic heterocycles. The molecule has 0 saturated heterocycles. The van der Waals surface area contributed by atoms with Crippen molar-refractivity contribution in [1.29, 1.82) is 0 Å². The lowest BCUT2D eigenvalue weighted by atomic mass is 9.85. The smallest absolute Gasteiger partial charge is 0.318 e. The maximum absolute atomic E-state index is 11.4. The summed E-state index contributed by atoms with van der Waals surface area (Å²) in [6.45, 7) is -0.821. The van der Waals surface area contributed by atoms with E-state index in [1.165, 1.54) is 25.3 Å². The van der Waals surface area contributed by atoms with E-state index in [1.807, 2.05) is 0 Å². The Morgan fingerprint density at radius 1 is 1.23 bits per heavy atom. The first kappa shape index (κ1) is 19.5. The standard InChI is InChI=1S/C17H21NO8/c1-25-13-7-6-10(8-14(13)26-11-4-2-3-5-11)12(9-18(23)24)15(16(19)20)17(21)22/h6-8,11-12,15H,2-5,9H2,1H3,(H,19,20)(H,21,22). The van der Waals surface area contributed by atoms with E-state index >= 15 is 0 Å². The predicted octanol–water partition coefficient (Wildman–Crippen LogP) is 2.16. The summed E-state index contributed by atoms with van der Waals surface area (Å²) in [5.74, 6) is -5.79. The van der Waals surface area contributed by atoms with Gasteiger partial charge in [0.2, 0.25) is 6.54 Å². The molecule has 0 radical (unpaired) electrons. The highest BCUT2D eigenvalue weighted by Crippen LogP contribution is 2.36. The first-order valence-corrected chi connectivity index (χ1v) is 8.25. The highest BCUT2D eigenvalue weighted by Gasteiger charge is 2.39. The molecule has 0 aromatic heterocycles. The Morgan fingerprint density at radius 3 is 2.35 bits per heavy atom. The lowest BCUT2D eigenvalue weighted by molar-refractivity contribution is -0.484. The monoisotopic (exact) mass is 367 g/mol. The van der Waals surface area contributed by atoms with Gasteiger partial charge in [0.05, 0.1) is 19.1 Å². The Bertz CT molecular complexity index is 669. The van der Waals surface area contributed by atoms with Crippen LogP contribution in [0.3, 0.4) is 0 Å². The molecule has 1 saturated carbocycles. The molecule has 2 rings (SSSR count). The molecule has 26 heavy (non-hydrogen) atoms. The topological polar surface area (TPSA) is 136 Å². The Balaban J connectivity index is 2.41. The second-order valence-corrected chi connectivity index (χ2v) is 6.21. The molecule has 1 aromatic carbocycles. The summed E-state index contributed by atoms with van der Waals surface area (Å²) in [4.78, 5) is 33.0. The minimum atomic E-state index is -1.94. The summed E-state index contributed by atoms with van der Waals surface area (Å²) in [6.07, 6.45) is 3.81. The summed E-state index contributed by atoms with van der Waals surface area (Å²) in [5, 5.41) is 29.4. The van der Waals surface area contributed by atoms with Crippen LogP contribution in [-0.4, -0.2) is 46.8 Å². The predicted molar refractivity (Wildman–Crippen MR) is 89.2 cm³/mol. The van der Waals surface area contributed by atoms with Gasteiger partial charge in [0.15, 0.2) is 17.4 Å². The maximum Gasteiger partial charge on any atom is 0.318 e. The van der Waals surface area contributed by atoms with Crippen LogP contribution < -0.4 is 9.47 Å². The van der Waals surface area contributed by atoms with E-state index < -0.39 is 35.2 Å². The van der Waals surface area contributed by atoms with Crippen molar-refractivity contribution in [2.45, 2.75) is 37.7 Å². The van der Waals surface area contributed by atoms with Crippen molar-refractivity contribution in [2.75, 3.05) is 13.7 Å². The van der Waals surface area contributed by atoms with E-state index in [0.717, 1.165) is 25.7 Å². The van der Waals surface area contributed by atoms with Gasteiger partial charge in [0.25, 0.3) is 0 Å². The van der Waals surface area contributed by atoms with Crippen molar-refractivity contribution >= 4 is 11.9 Å². The minimum Gasteiger partial charge on any atom is -0.493 e. The second kappa shape index (κ2) is 8.50. The minimum absolute atomic E-state index is 0.0112. The van der Waals surface area contributed by atoms with Gasteiger partial charge < -0.3 is 19.7 Å². The Labute approximate surface area is 149 Å². The highest BCUT2D eigenvalue weighted by molar-refractivity contribution is 5.94. The van der Waals surface area contributed by atoms with E-state index in [2.05, 4.69) is 0 Å². The van der Waals surface area contributed by atoms with Crippen LogP contribution >= 0.6 is 0 Å². The van der Waals surface area contributed by atoms with Gasteiger partial charge in [-0.15, -0.1) is 0 Å². The fourth-order valence-corrected chi connectivity index (χ4v) is 3.22. The van der Waals surface area contributed by atoms with Crippen molar-refractivity contribution in [3.63, 3.8) is 0 Å². The molecule has 1 atom stereocenters. The molecule has 0 bridgehead atoms. The van der Waals surface area contributed by atoms with Gasteiger partial charge in [-0.05, 0) is 43.4 Å². The van der Waals surface area contributed by atoms with Crippen LogP contribution in [0.5, 0.6) is 11.5 Å². The van der Waals surface area contributed by atoms with Crippen LogP contribution in [0.4, 0.5) is 0 Å². The Morgan fingerprint density at radius 2 is 1.85 bits per heavy atom. The van der Waals surface area contributed by atoms with Gasteiger partial charge in [-0.2, -0.15) is 0 Å². The van der Waals surface area contributed by atoms with Gasteiger partial charge in [-0.1, -0.05) is 6.07 Å². The summed E-state index contributed by atoms with van der Waals surface area (Å²) in [6, 6.07) is 4.39. The molecule has 1 aliphatic rings.